The molecule has 1 aliphatic heterocycles. The van der Waals surface area contributed by atoms with E-state index in [0.29, 0.717) is 31.2 Å². The Morgan fingerprint density at radius 3 is 2.73 bits per heavy atom. The number of hydrogen-bond donors (Lipinski definition) is 2. The van der Waals surface area contributed by atoms with Crippen LogP contribution >= 0.6 is 12.4 Å². The average molecular weight is 386 g/mol. The molecular weight excluding hydrogens is 354 g/mol. The predicted octanol–water partition coefficient (Wildman–Crippen LogP) is 2.36. The van der Waals surface area contributed by atoms with Crippen LogP contribution in [0.2, 0.25) is 0 Å². The molecular formula is C19H32ClN3O3. The van der Waals surface area contributed by atoms with Crippen LogP contribution in [0.1, 0.15) is 38.8 Å². The number of ether oxygens (including phenoxy) is 2. The van der Waals surface area contributed by atoms with Gasteiger partial charge >= 0.3 is 0 Å². The number of nitrogens with one attached hydrogen (secondary N) is 1. The van der Waals surface area contributed by atoms with E-state index in [1.807, 2.05) is 32.0 Å². The van der Waals surface area contributed by atoms with Crippen LogP contribution in [-0.2, 0) is 4.79 Å². The van der Waals surface area contributed by atoms with Crippen LogP contribution in [0.3, 0.4) is 0 Å². The summed E-state index contributed by atoms with van der Waals surface area (Å²) < 4.78 is 10.9. The third kappa shape index (κ3) is 5.76. The third-order valence-electron chi connectivity index (χ3n) is 4.86. The lowest BCUT2D eigenvalue weighted by molar-refractivity contribution is -0.122. The Morgan fingerprint density at radius 1 is 1.42 bits per heavy atom. The monoisotopic (exact) mass is 385 g/mol. The van der Waals surface area contributed by atoms with E-state index in [4.69, 9.17) is 15.2 Å². The van der Waals surface area contributed by atoms with Crippen LogP contribution in [0.4, 0.5) is 0 Å². The number of carbonyl (C=O) groups excluding carboxylic acids is 1. The molecule has 6 nitrogen and oxygen atoms in total. The first-order valence-corrected chi connectivity index (χ1v) is 8.93. The number of carbonyl (C=O) groups is 1. The van der Waals surface area contributed by atoms with E-state index < -0.39 is 0 Å². The lowest BCUT2D eigenvalue weighted by atomic mass is 9.90. The minimum atomic E-state index is -0.0967. The van der Waals surface area contributed by atoms with Gasteiger partial charge in [0.1, 0.15) is 0 Å². The summed E-state index contributed by atoms with van der Waals surface area (Å²) >= 11 is 0. The van der Waals surface area contributed by atoms with Gasteiger partial charge < -0.3 is 20.5 Å². The lowest BCUT2D eigenvalue weighted by Crippen LogP contribution is -2.39. The number of nitrogens with zero attached hydrogens (tertiary/aromatic N) is 1. The molecule has 1 fully saturated rings. The Balaban J connectivity index is 0.00000338. The lowest BCUT2D eigenvalue weighted by Gasteiger charge is -2.23. The van der Waals surface area contributed by atoms with Crippen molar-refractivity contribution in [1.82, 2.24) is 10.2 Å². The molecule has 1 saturated heterocycles. The molecule has 0 aliphatic carbocycles. The maximum absolute atomic E-state index is 12.4. The second-order valence-corrected chi connectivity index (χ2v) is 7.11. The fraction of sp³-hybridized carbons (Fsp3) is 0.632. The van der Waals surface area contributed by atoms with Gasteiger partial charge in [0.2, 0.25) is 5.91 Å². The summed E-state index contributed by atoms with van der Waals surface area (Å²) in [6.07, 6.45) is 1.04. The smallest absolute Gasteiger partial charge is 0.234 e. The molecule has 0 aromatic heterocycles. The fourth-order valence-electron chi connectivity index (χ4n) is 3.23. The van der Waals surface area contributed by atoms with Gasteiger partial charge in [-0.2, -0.15) is 0 Å². The van der Waals surface area contributed by atoms with Gasteiger partial charge in [0.05, 0.1) is 26.3 Å². The van der Waals surface area contributed by atoms with E-state index in [2.05, 4.69) is 17.1 Å². The normalized spacial score (nSPS) is 21.0. The van der Waals surface area contributed by atoms with Gasteiger partial charge in [0.15, 0.2) is 11.5 Å². The van der Waals surface area contributed by atoms with Gasteiger partial charge in [-0.15, -0.1) is 12.4 Å². The molecule has 1 aromatic carbocycles. The molecule has 0 spiro atoms. The van der Waals surface area contributed by atoms with Crippen molar-refractivity contribution in [2.24, 2.45) is 11.1 Å². The maximum Gasteiger partial charge on any atom is 0.234 e. The number of halogens is 1. The van der Waals surface area contributed by atoms with Crippen molar-refractivity contribution < 1.29 is 14.3 Å². The van der Waals surface area contributed by atoms with Gasteiger partial charge in [-0.25, -0.2) is 0 Å². The maximum atomic E-state index is 12.4. The summed E-state index contributed by atoms with van der Waals surface area (Å²) in [6, 6.07) is 5.66. The minimum Gasteiger partial charge on any atom is -0.493 e. The first-order chi connectivity index (χ1) is 11.9. The molecule has 1 aliphatic rings. The molecule has 3 N–H and O–H groups in total. The van der Waals surface area contributed by atoms with E-state index in [1.54, 1.807) is 7.11 Å². The summed E-state index contributed by atoms with van der Waals surface area (Å²) in [4.78, 5) is 14.5. The van der Waals surface area contributed by atoms with Gasteiger partial charge in [0, 0.05) is 6.54 Å². The highest BCUT2D eigenvalue weighted by Gasteiger charge is 2.33. The van der Waals surface area contributed by atoms with Crippen LogP contribution in [0.25, 0.3) is 0 Å². The summed E-state index contributed by atoms with van der Waals surface area (Å²) in [6.45, 7) is 9.54. The largest absolute Gasteiger partial charge is 0.493 e. The molecule has 2 rings (SSSR count). The molecule has 2 unspecified atom stereocenters. The van der Waals surface area contributed by atoms with E-state index >= 15 is 0 Å². The van der Waals surface area contributed by atoms with Crippen molar-refractivity contribution >= 4 is 18.3 Å². The number of rotatable bonds is 8. The first-order valence-electron chi connectivity index (χ1n) is 8.93. The standard InChI is InChI=1S/C19H31N3O3.ClH/c1-5-25-16-7-6-15(10-17(16)24-4)14(2)21-18(23)11-22-9-8-19(3,12-20)13-22;/h6-7,10,14H,5,8-9,11-13,20H2,1-4H3,(H,21,23);1H. The number of hydrogen-bond acceptors (Lipinski definition) is 5. The summed E-state index contributed by atoms with van der Waals surface area (Å²) in [5, 5.41) is 3.06. The Bertz CT molecular complexity index is 599. The molecule has 7 heteroatoms. The van der Waals surface area contributed by atoms with Gasteiger partial charge in [-0.3, -0.25) is 9.69 Å². The predicted molar refractivity (Wildman–Crippen MR) is 106 cm³/mol. The zero-order valence-electron chi connectivity index (χ0n) is 16.2. The zero-order chi connectivity index (χ0) is 18.4. The highest BCUT2D eigenvalue weighted by atomic mass is 35.5. The molecule has 26 heavy (non-hydrogen) atoms. The second kappa shape index (κ2) is 10.00. The molecule has 1 aromatic rings. The Morgan fingerprint density at radius 2 is 2.15 bits per heavy atom. The number of likely N-dealkylation sites (tertiary alicyclic amines) is 1. The molecule has 1 amide bonds. The van der Waals surface area contributed by atoms with Crippen LogP contribution in [0, 0.1) is 5.41 Å². The number of nitrogens with two attached hydrogens (primary N) is 1. The molecule has 1 heterocycles. The highest BCUT2D eigenvalue weighted by molar-refractivity contribution is 5.85. The quantitative estimate of drug-likeness (QED) is 0.718. The highest BCUT2D eigenvalue weighted by Crippen LogP contribution is 2.30. The van der Waals surface area contributed by atoms with Crippen LogP contribution < -0.4 is 20.5 Å². The molecule has 0 radical (unpaired) electrons. The van der Waals surface area contributed by atoms with Crippen molar-refractivity contribution in [2.45, 2.75) is 33.2 Å². The SMILES string of the molecule is CCOc1ccc(C(C)NC(=O)CN2CCC(C)(CN)C2)cc1OC.Cl. The fourth-order valence-corrected chi connectivity index (χ4v) is 3.23. The molecule has 0 bridgehead atoms. The van der Waals surface area contributed by atoms with Crippen molar-refractivity contribution in [2.75, 3.05) is 39.9 Å². The Labute approximate surface area is 162 Å². The van der Waals surface area contributed by atoms with Crippen LogP contribution in [0.15, 0.2) is 18.2 Å². The Kier molecular flexibility index (Phi) is 8.67. The number of methoxy groups -OCH3 is 1. The van der Waals surface area contributed by atoms with E-state index in [0.717, 1.165) is 25.1 Å². The molecule has 0 saturated carbocycles. The van der Waals surface area contributed by atoms with Gasteiger partial charge in [0.25, 0.3) is 0 Å². The topological polar surface area (TPSA) is 76.8 Å². The van der Waals surface area contributed by atoms with E-state index in [9.17, 15) is 4.79 Å². The van der Waals surface area contributed by atoms with Crippen LogP contribution in [-0.4, -0.2) is 50.7 Å². The molecule has 2 atom stereocenters. The van der Waals surface area contributed by atoms with Crippen molar-refractivity contribution in [3.8, 4) is 11.5 Å². The minimum absolute atomic E-state index is 0. The van der Waals surface area contributed by atoms with E-state index in [1.165, 1.54) is 0 Å². The third-order valence-corrected chi connectivity index (χ3v) is 4.86. The molecule has 148 valence electrons. The average Bonchev–Trinajstić information content (AvgIpc) is 2.96. The van der Waals surface area contributed by atoms with Gasteiger partial charge in [-0.1, -0.05) is 13.0 Å². The zero-order valence-corrected chi connectivity index (χ0v) is 17.0. The summed E-state index contributed by atoms with van der Waals surface area (Å²) in [5.41, 5.74) is 6.95. The van der Waals surface area contributed by atoms with E-state index in [-0.39, 0.29) is 29.8 Å². The summed E-state index contributed by atoms with van der Waals surface area (Å²) in [5.74, 6) is 1.42. The first kappa shape index (κ1) is 22.5. The van der Waals surface area contributed by atoms with Crippen molar-refractivity contribution in [1.29, 1.82) is 0 Å². The Hall–Kier alpha value is -1.50. The van der Waals surface area contributed by atoms with Crippen LogP contribution in [0.5, 0.6) is 11.5 Å². The van der Waals surface area contributed by atoms with Crippen molar-refractivity contribution in [3.63, 3.8) is 0 Å². The second-order valence-electron chi connectivity index (χ2n) is 7.11. The number of amides is 1. The van der Waals surface area contributed by atoms with Crippen molar-refractivity contribution in [3.05, 3.63) is 23.8 Å². The summed E-state index contributed by atoms with van der Waals surface area (Å²) in [7, 11) is 1.62. The number of benzene rings is 1. The van der Waals surface area contributed by atoms with Gasteiger partial charge in [-0.05, 0) is 56.5 Å².